The normalized spacial score (nSPS) is 11.2. The molecule has 0 radical (unpaired) electrons. The Morgan fingerprint density at radius 1 is 1.19 bits per heavy atom. The number of carboxylic acid groups (broad SMARTS) is 2. The summed E-state index contributed by atoms with van der Waals surface area (Å²) < 4.78 is 0. The molecule has 6 heteroatoms. The first kappa shape index (κ1) is 17.3. The molecule has 0 aliphatic heterocycles. The van der Waals surface area contributed by atoms with Gasteiger partial charge in [-0.05, 0) is 12.8 Å². The third-order valence-corrected chi connectivity index (χ3v) is 1.66. The molecule has 0 aliphatic carbocycles. The molecule has 16 heavy (non-hydrogen) atoms. The summed E-state index contributed by atoms with van der Waals surface area (Å²) in [5.41, 5.74) is 0. The van der Waals surface area contributed by atoms with Crippen molar-refractivity contribution < 1.29 is 30.0 Å². The van der Waals surface area contributed by atoms with Gasteiger partial charge in [0.15, 0.2) is 6.10 Å². The van der Waals surface area contributed by atoms with Crippen molar-refractivity contribution in [1.82, 2.24) is 0 Å². The predicted molar refractivity (Wildman–Crippen MR) is 57.1 cm³/mol. The summed E-state index contributed by atoms with van der Waals surface area (Å²) in [4.78, 5) is 19.6. The van der Waals surface area contributed by atoms with Crippen LogP contribution >= 0.6 is 0 Å². The summed E-state index contributed by atoms with van der Waals surface area (Å²) in [6.45, 7) is 1.92. The molecule has 1 unspecified atom stereocenters. The van der Waals surface area contributed by atoms with Crippen LogP contribution in [0.3, 0.4) is 0 Å². The van der Waals surface area contributed by atoms with E-state index in [1.54, 1.807) is 0 Å². The smallest absolute Gasteiger partial charge is 0.332 e. The van der Waals surface area contributed by atoms with Gasteiger partial charge in [-0.15, -0.1) is 0 Å². The van der Waals surface area contributed by atoms with Gasteiger partial charge in [0.1, 0.15) is 0 Å². The van der Waals surface area contributed by atoms with Crippen LogP contribution in [0.25, 0.3) is 0 Å². The third-order valence-electron chi connectivity index (χ3n) is 1.66. The number of rotatable bonds is 7. The Balaban J connectivity index is 0. The molecule has 0 fully saturated rings. The zero-order valence-corrected chi connectivity index (χ0v) is 9.43. The lowest BCUT2D eigenvalue weighted by atomic mass is 10.2. The fraction of sp³-hybridized carbons (Fsp3) is 0.800. The summed E-state index contributed by atoms with van der Waals surface area (Å²) in [7, 11) is 0. The van der Waals surface area contributed by atoms with Gasteiger partial charge in [0.05, 0.1) is 0 Å². The number of carbonyl (C=O) groups is 2. The summed E-state index contributed by atoms with van der Waals surface area (Å²) >= 11 is 0. The van der Waals surface area contributed by atoms with E-state index in [4.69, 9.17) is 20.4 Å². The summed E-state index contributed by atoms with van der Waals surface area (Å²) in [6.07, 6.45) is 1.32. The van der Waals surface area contributed by atoms with Crippen molar-refractivity contribution in [2.24, 2.45) is 0 Å². The first-order chi connectivity index (χ1) is 7.45. The number of hydrogen-bond acceptors (Lipinski definition) is 4. The van der Waals surface area contributed by atoms with Gasteiger partial charge >= 0.3 is 11.9 Å². The Morgan fingerprint density at radius 2 is 1.75 bits per heavy atom. The molecule has 0 spiro atoms. The first-order valence-electron chi connectivity index (χ1n) is 5.19. The number of hydrogen-bond donors (Lipinski definition) is 4. The fourth-order valence-corrected chi connectivity index (χ4v) is 0.751. The number of unbranched alkanes of at least 4 members (excludes halogenated alkanes) is 1. The molecule has 0 rings (SSSR count). The molecule has 0 amide bonds. The van der Waals surface area contributed by atoms with Gasteiger partial charge in [0.25, 0.3) is 0 Å². The minimum absolute atomic E-state index is 0.0354. The Bertz CT molecular complexity index is 192. The van der Waals surface area contributed by atoms with E-state index in [-0.39, 0.29) is 13.0 Å². The van der Waals surface area contributed by atoms with E-state index in [0.29, 0.717) is 12.8 Å². The van der Waals surface area contributed by atoms with Crippen LogP contribution in [-0.4, -0.2) is 45.1 Å². The molecule has 0 aromatic rings. The summed E-state index contributed by atoms with van der Waals surface area (Å²) in [6, 6.07) is 0. The average molecular weight is 236 g/mol. The SMILES string of the molecule is CCCCC(O)C(=O)O.O=C(O)CCCO. The van der Waals surface area contributed by atoms with Crippen LogP contribution < -0.4 is 0 Å². The van der Waals surface area contributed by atoms with Gasteiger partial charge in [0, 0.05) is 13.0 Å². The van der Waals surface area contributed by atoms with Crippen LogP contribution in [-0.2, 0) is 9.59 Å². The maximum absolute atomic E-state index is 9.96. The Hall–Kier alpha value is -1.14. The highest BCUT2D eigenvalue weighted by Crippen LogP contribution is 1.99. The van der Waals surface area contributed by atoms with Gasteiger partial charge in [-0.2, -0.15) is 0 Å². The third kappa shape index (κ3) is 15.3. The van der Waals surface area contributed by atoms with Crippen LogP contribution in [0.15, 0.2) is 0 Å². The first-order valence-corrected chi connectivity index (χ1v) is 5.19. The second-order valence-electron chi connectivity index (χ2n) is 3.22. The number of aliphatic carboxylic acids is 2. The van der Waals surface area contributed by atoms with Gasteiger partial charge in [0.2, 0.25) is 0 Å². The molecule has 6 nitrogen and oxygen atoms in total. The van der Waals surface area contributed by atoms with Crippen molar-refractivity contribution in [2.75, 3.05) is 6.61 Å². The van der Waals surface area contributed by atoms with E-state index in [9.17, 15) is 9.59 Å². The molecule has 0 saturated heterocycles. The van der Waals surface area contributed by atoms with Crippen LogP contribution in [0, 0.1) is 0 Å². The minimum atomic E-state index is -1.16. The van der Waals surface area contributed by atoms with Crippen LogP contribution in [0.1, 0.15) is 39.0 Å². The number of carboxylic acids is 2. The molecular formula is C10H20O6. The molecule has 0 heterocycles. The Labute approximate surface area is 94.5 Å². The van der Waals surface area contributed by atoms with Gasteiger partial charge in [-0.25, -0.2) is 4.79 Å². The van der Waals surface area contributed by atoms with Crippen LogP contribution in [0.2, 0.25) is 0 Å². The van der Waals surface area contributed by atoms with Crippen molar-refractivity contribution in [2.45, 2.75) is 45.1 Å². The largest absolute Gasteiger partial charge is 0.481 e. The van der Waals surface area contributed by atoms with E-state index in [0.717, 1.165) is 12.8 Å². The molecule has 4 N–H and O–H groups in total. The molecule has 0 aliphatic rings. The molecule has 0 bridgehead atoms. The standard InChI is InChI=1S/C6H12O3.C4H8O3/c1-2-3-4-5(7)6(8)9;5-3-1-2-4(6)7/h5,7H,2-4H2,1H3,(H,8,9);5H,1-3H2,(H,6,7). The highest BCUT2D eigenvalue weighted by molar-refractivity contribution is 5.71. The second kappa shape index (κ2) is 11.9. The maximum Gasteiger partial charge on any atom is 0.332 e. The minimum Gasteiger partial charge on any atom is -0.481 e. The second-order valence-corrected chi connectivity index (χ2v) is 3.22. The van der Waals surface area contributed by atoms with Gasteiger partial charge in [-0.3, -0.25) is 4.79 Å². The topological polar surface area (TPSA) is 115 Å². The lowest BCUT2D eigenvalue weighted by Gasteiger charge is -2.01. The summed E-state index contributed by atoms with van der Waals surface area (Å²) in [5.74, 6) is -1.97. The monoisotopic (exact) mass is 236 g/mol. The van der Waals surface area contributed by atoms with Crippen molar-refractivity contribution in [3.8, 4) is 0 Å². The quantitative estimate of drug-likeness (QED) is 0.510. The van der Waals surface area contributed by atoms with Crippen molar-refractivity contribution in [3.63, 3.8) is 0 Å². The van der Waals surface area contributed by atoms with Crippen LogP contribution in [0.4, 0.5) is 0 Å². The van der Waals surface area contributed by atoms with Crippen LogP contribution in [0.5, 0.6) is 0 Å². The van der Waals surface area contributed by atoms with Crippen molar-refractivity contribution >= 4 is 11.9 Å². The lowest BCUT2D eigenvalue weighted by molar-refractivity contribution is -0.147. The highest BCUT2D eigenvalue weighted by atomic mass is 16.4. The van der Waals surface area contributed by atoms with Gasteiger partial charge < -0.3 is 20.4 Å². The predicted octanol–water partition coefficient (Wildman–Crippen LogP) is 0.466. The zero-order valence-electron chi connectivity index (χ0n) is 9.43. The maximum atomic E-state index is 9.96. The van der Waals surface area contributed by atoms with E-state index < -0.39 is 18.0 Å². The van der Waals surface area contributed by atoms with Gasteiger partial charge in [-0.1, -0.05) is 19.8 Å². The molecule has 0 saturated carbocycles. The van der Waals surface area contributed by atoms with E-state index in [1.807, 2.05) is 6.92 Å². The number of aliphatic hydroxyl groups is 2. The summed E-state index contributed by atoms with van der Waals surface area (Å²) in [5, 5.41) is 32.8. The molecule has 1 atom stereocenters. The average Bonchev–Trinajstić information content (AvgIpc) is 2.23. The highest BCUT2D eigenvalue weighted by Gasteiger charge is 2.10. The van der Waals surface area contributed by atoms with E-state index in [2.05, 4.69) is 0 Å². The lowest BCUT2D eigenvalue weighted by Crippen LogP contribution is -2.18. The molecular weight excluding hydrogens is 216 g/mol. The molecule has 0 aromatic heterocycles. The fourth-order valence-electron chi connectivity index (χ4n) is 0.751. The van der Waals surface area contributed by atoms with Crippen molar-refractivity contribution in [1.29, 1.82) is 0 Å². The Morgan fingerprint density at radius 3 is 2.00 bits per heavy atom. The Kier molecular flexibility index (Phi) is 12.9. The van der Waals surface area contributed by atoms with E-state index >= 15 is 0 Å². The van der Waals surface area contributed by atoms with Crippen molar-refractivity contribution in [3.05, 3.63) is 0 Å². The zero-order chi connectivity index (χ0) is 13.0. The number of aliphatic hydroxyl groups excluding tert-OH is 2. The molecule has 96 valence electrons. The molecule has 0 aromatic carbocycles. The van der Waals surface area contributed by atoms with E-state index in [1.165, 1.54) is 0 Å².